The fourth-order valence-corrected chi connectivity index (χ4v) is 2.41. The van der Waals surface area contributed by atoms with E-state index in [1.807, 2.05) is 0 Å². The Morgan fingerprint density at radius 3 is 2.83 bits per heavy atom. The Morgan fingerprint density at radius 1 is 1.61 bits per heavy atom. The summed E-state index contributed by atoms with van der Waals surface area (Å²) in [7, 11) is 0. The molecule has 0 bridgehead atoms. The molecule has 1 fully saturated rings. The van der Waals surface area contributed by atoms with E-state index in [0.717, 1.165) is 32.5 Å². The predicted octanol–water partition coefficient (Wildman–Crippen LogP) is 0.469. The van der Waals surface area contributed by atoms with Crippen LogP contribution in [0.15, 0.2) is 0 Å². The van der Waals surface area contributed by atoms with Crippen molar-refractivity contribution >= 4 is 5.91 Å². The Balaban J connectivity index is 2.59. The minimum absolute atomic E-state index is 0.239. The standard InChI is InChI=1S/C13H27N3O2/c1-4-11-9-16(6-5-7-18-11)10(2)8-13(3,15)12(14)17/h10-11H,4-9,15H2,1-3H3,(H2,14,17). The summed E-state index contributed by atoms with van der Waals surface area (Å²) in [5, 5.41) is 0. The van der Waals surface area contributed by atoms with Crippen LogP contribution in [0, 0.1) is 0 Å². The van der Waals surface area contributed by atoms with E-state index >= 15 is 0 Å². The summed E-state index contributed by atoms with van der Waals surface area (Å²) < 4.78 is 5.75. The number of primary amides is 1. The largest absolute Gasteiger partial charge is 0.377 e. The lowest BCUT2D eigenvalue weighted by molar-refractivity contribution is -0.123. The van der Waals surface area contributed by atoms with Gasteiger partial charge in [0.25, 0.3) is 0 Å². The molecule has 0 aromatic heterocycles. The van der Waals surface area contributed by atoms with Gasteiger partial charge in [-0.3, -0.25) is 9.69 Å². The van der Waals surface area contributed by atoms with Crippen molar-refractivity contribution in [2.75, 3.05) is 19.7 Å². The monoisotopic (exact) mass is 257 g/mol. The summed E-state index contributed by atoms with van der Waals surface area (Å²) in [6, 6.07) is 0.239. The molecule has 1 saturated heterocycles. The zero-order valence-corrected chi connectivity index (χ0v) is 11.8. The molecule has 106 valence electrons. The van der Waals surface area contributed by atoms with E-state index in [1.54, 1.807) is 6.92 Å². The summed E-state index contributed by atoms with van der Waals surface area (Å²) in [6.07, 6.45) is 2.91. The molecule has 5 heteroatoms. The highest BCUT2D eigenvalue weighted by atomic mass is 16.5. The fraction of sp³-hybridized carbons (Fsp3) is 0.923. The molecule has 1 amide bonds. The molecule has 0 spiro atoms. The Morgan fingerprint density at radius 2 is 2.28 bits per heavy atom. The summed E-state index contributed by atoms with van der Waals surface area (Å²) >= 11 is 0. The van der Waals surface area contributed by atoms with E-state index in [-0.39, 0.29) is 12.1 Å². The van der Waals surface area contributed by atoms with Crippen LogP contribution in [-0.2, 0) is 9.53 Å². The zero-order valence-electron chi connectivity index (χ0n) is 11.8. The molecular weight excluding hydrogens is 230 g/mol. The minimum Gasteiger partial charge on any atom is -0.377 e. The van der Waals surface area contributed by atoms with Crippen LogP contribution in [0.4, 0.5) is 0 Å². The van der Waals surface area contributed by atoms with Crippen LogP contribution in [0.1, 0.15) is 40.0 Å². The van der Waals surface area contributed by atoms with Crippen LogP contribution in [-0.4, -0.2) is 48.2 Å². The highest BCUT2D eigenvalue weighted by Crippen LogP contribution is 2.17. The number of carbonyl (C=O) groups is 1. The van der Waals surface area contributed by atoms with Gasteiger partial charge in [-0.05, 0) is 33.1 Å². The fourth-order valence-electron chi connectivity index (χ4n) is 2.41. The molecule has 0 radical (unpaired) electrons. The highest BCUT2D eigenvalue weighted by molar-refractivity contribution is 5.83. The van der Waals surface area contributed by atoms with Crippen LogP contribution in [0.5, 0.6) is 0 Å². The third-order valence-corrected chi connectivity index (χ3v) is 3.74. The van der Waals surface area contributed by atoms with E-state index in [2.05, 4.69) is 18.7 Å². The molecule has 18 heavy (non-hydrogen) atoms. The number of amides is 1. The lowest BCUT2D eigenvalue weighted by Gasteiger charge is -2.33. The molecule has 4 N–H and O–H groups in total. The van der Waals surface area contributed by atoms with E-state index in [0.29, 0.717) is 6.42 Å². The number of nitrogens with two attached hydrogens (primary N) is 2. The lowest BCUT2D eigenvalue weighted by Crippen LogP contribution is -2.53. The molecule has 0 aromatic rings. The lowest BCUT2D eigenvalue weighted by atomic mass is 9.93. The Labute approximate surface area is 110 Å². The second-order valence-electron chi connectivity index (χ2n) is 5.58. The normalized spacial score (nSPS) is 27.2. The number of hydrogen-bond donors (Lipinski definition) is 2. The van der Waals surface area contributed by atoms with E-state index < -0.39 is 11.4 Å². The SMILES string of the molecule is CCC1CN(C(C)CC(C)(N)C(N)=O)CCCO1. The van der Waals surface area contributed by atoms with Crippen LogP contribution in [0.2, 0.25) is 0 Å². The maximum atomic E-state index is 11.3. The van der Waals surface area contributed by atoms with Crippen molar-refractivity contribution < 1.29 is 9.53 Å². The average molecular weight is 257 g/mol. The Kier molecular flexibility index (Phi) is 5.56. The molecule has 1 aliphatic heterocycles. The van der Waals surface area contributed by atoms with Gasteiger partial charge in [-0.2, -0.15) is 0 Å². The maximum absolute atomic E-state index is 11.3. The van der Waals surface area contributed by atoms with Crippen LogP contribution in [0.3, 0.4) is 0 Å². The van der Waals surface area contributed by atoms with Crippen molar-refractivity contribution in [3.63, 3.8) is 0 Å². The van der Waals surface area contributed by atoms with Crippen molar-refractivity contribution in [2.45, 2.75) is 57.7 Å². The second-order valence-corrected chi connectivity index (χ2v) is 5.58. The van der Waals surface area contributed by atoms with Gasteiger partial charge in [0.15, 0.2) is 0 Å². The van der Waals surface area contributed by atoms with Gasteiger partial charge in [0.05, 0.1) is 11.6 Å². The summed E-state index contributed by atoms with van der Waals surface area (Å²) in [5.41, 5.74) is 10.3. The quantitative estimate of drug-likeness (QED) is 0.750. The van der Waals surface area contributed by atoms with Crippen molar-refractivity contribution in [3.8, 4) is 0 Å². The van der Waals surface area contributed by atoms with Gasteiger partial charge in [-0.15, -0.1) is 0 Å². The average Bonchev–Trinajstić information content (AvgIpc) is 2.53. The van der Waals surface area contributed by atoms with Gasteiger partial charge < -0.3 is 16.2 Å². The Bertz CT molecular complexity index is 281. The summed E-state index contributed by atoms with van der Waals surface area (Å²) in [6.45, 7) is 8.66. The summed E-state index contributed by atoms with van der Waals surface area (Å²) in [5.74, 6) is -0.438. The topological polar surface area (TPSA) is 81.6 Å². The molecule has 0 aliphatic carbocycles. The first-order valence-corrected chi connectivity index (χ1v) is 6.81. The molecule has 0 saturated carbocycles. The number of carbonyl (C=O) groups excluding carboxylic acids is 1. The molecule has 5 nitrogen and oxygen atoms in total. The van der Waals surface area contributed by atoms with E-state index in [9.17, 15) is 4.79 Å². The molecule has 0 aromatic carbocycles. The number of nitrogens with zero attached hydrogens (tertiary/aromatic N) is 1. The summed E-state index contributed by atoms with van der Waals surface area (Å²) in [4.78, 5) is 13.6. The van der Waals surface area contributed by atoms with Crippen molar-refractivity contribution in [1.29, 1.82) is 0 Å². The van der Waals surface area contributed by atoms with Gasteiger partial charge in [0.2, 0.25) is 5.91 Å². The Hall–Kier alpha value is -0.650. The number of rotatable bonds is 5. The first-order chi connectivity index (χ1) is 8.36. The predicted molar refractivity (Wildman–Crippen MR) is 72.1 cm³/mol. The van der Waals surface area contributed by atoms with Gasteiger partial charge in [0, 0.05) is 25.7 Å². The van der Waals surface area contributed by atoms with Gasteiger partial charge in [-0.25, -0.2) is 0 Å². The van der Waals surface area contributed by atoms with Crippen molar-refractivity contribution in [2.24, 2.45) is 11.5 Å². The first kappa shape index (κ1) is 15.4. The second kappa shape index (κ2) is 6.50. The molecule has 3 atom stereocenters. The third kappa shape index (κ3) is 4.23. The molecular formula is C13H27N3O2. The first-order valence-electron chi connectivity index (χ1n) is 6.81. The van der Waals surface area contributed by atoms with Gasteiger partial charge in [0.1, 0.15) is 0 Å². The number of hydrogen-bond acceptors (Lipinski definition) is 4. The van der Waals surface area contributed by atoms with E-state index in [1.165, 1.54) is 0 Å². The maximum Gasteiger partial charge on any atom is 0.237 e. The highest BCUT2D eigenvalue weighted by Gasteiger charge is 2.31. The van der Waals surface area contributed by atoms with E-state index in [4.69, 9.17) is 16.2 Å². The van der Waals surface area contributed by atoms with Crippen LogP contribution in [0.25, 0.3) is 0 Å². The molecule has 1 rings (SSSR count). The molecule has 1 heterocycles. The molecule has 1 aliphatic rings. The van der Waals surface area contributed by atoms with Crippen LogP contribution < -0.4 is 11.5 Å². The minimum atomic E-state index is -0.936. The van der Waals surface area contributed by atoms with Gasteiger partial charge >= 0.3 is 0 Å². The van der Waals surface area contributed by atoms with Crippen LogP contribution >= 0.6 is 0 Å². The zero-order chi connectivity index (χ0) is 13.8. The van der Waals surface area contributed by atoms with Crippen molar-refractivity contribution in [1.82, 2.24) is 4.90 Å². The third-order valence-electron chi connectivity index (χ3n) is 3.74. The number of ether oxygens (including phenoxy) is 1. The molecule has 3 unspecified atom stereocenters. The smallest absolute Gasteiger partial charge is 0.237 e. The van der Waals surface area contributed by atoms with Gasteiger partial charge in [-0.1, -0.05) is 6.92 Å². The van der Waals surface area contributed by atoms with Crippen molar-refractivity contribution in [3.05, 3.63) is 0 Å².